The maximum absolute atomic E-state index is 13.8. The number of hydrogen-bond donors (Lipinski definition) is 0. The number of ketones is 1. The van der Waals surface area contributed by atoms with Crippen LogP contribution in [0.25, 0.3) is 0 Å². The van der Waals surface area contributed by atoms with E-state index >= 15 is 0 Å². The Balaban J connectivity index is 0.00000261. The Bertz CT molecular complexity index is 611. The molecule has 4 nitrogen and oxygen atoms in total. The van der Waals surface area contributed by atoms with Gasteiger partial charge in [0.2, 0.25) is 0 Å². The predicted octanol–water partition coefficient (Wildman–Crippen LogP) is 3.37. The highest BCUT2D eigenvalue weighted by Crippen LogP contribution is 2.23. The summed E-state index contributed by atoms with van der Waals surface area (Å²) >= 11 is 0. The van der Waals surface area contributed by atoms with Crippen LogP contribution in [0, 0.1) is 18.7 Å². The zero-order chi connectivity index (χ0) is 18.5. The zero-order valence-corrected chi connectivity index (χ0v) is 17.4. The van der Waals surface area contributed by atoms with Gasteiger partial charge in [0, 0.05) is 31.9 Å². The van der Waals surface area contributed by atoms with Crippen LogP contribution in [0.2, 0.25) is 0 Å². The molecule has 2 heterocycles. The van der Waals surface area contributed by atoms with Crippen LogP contribution in [0.5, 0.6) is 0 Å². The van der Waals surface area contributed by atoms with E-state index < -0.39 is 0 Å². The lowest BCUT2D eigenvalue weighted by Gasteiger charge is -2.37. The van der Waals surface area contributed by atoms with Crippen LogP contribution in [0.4, 0.5) is 10.1 Å². The molecule has 0 N–H and O–H groups in total. The molecule has 1 aromatic rings. The molecule has 0 aromatic heterocycles. The molecule has 0 amide bonds. The summed E-state index contributed by atoms with van der Waals surface area (Å²) in [5.41, 5.74) is 1.72. The smallest absolute Gasteiger partial charge is 0.143 e. The van der Waals surface area contributed by atoms with Crippen LogP contribution in [-0.2, 0) is 4.79 Å². The lowest BCUT2D eigenvalue weighted by atomic mass is 9.93. The van der Waals surface area contributed by atoms with E-state index in [0.29, 0.717) is 12.1 Å². The maximum Gasteiger partial charge on any atom is 0.143 e. The van der Waals surface area contributed by atoms with Crippen LogP contribution >= 0.6 is 12.4 Å². The van der Waals surface area contributed by atoms with Gasteiger partial charge >= 0.3 is 0 Å². The molecule has 0 aliphatic carbocycles. The van der Waals surface area contributed by atoms with Gasteiger partial charge in [0.25, 0.3) is 0 Å². The molecule has 0 radical (unpaired) electrons. The van der Waals surface area contributed by atoms with Crippen molar-refractivity contribution >= 4 is 23.9 Å². The first-order valence-corrected chi connectivity index (χ1v) is 9.96. The third-order valence-corrected chi connectivity index (χ3v) is 5.90. The molecule has 1 aromatic carbocycles. The Morgan fingerprint density at radius 3 is 2.33 bits per heavy atom. The fourth-order valence-electron chi connectivity index (χ4n) is 4.12. The lowest BCUT2D eigenvalue weighted by Crippen LogP contribution is -2.47. The maximum atomic E-state index is 13.8. The van der Waals surface area contributed by atoms with Crippen LogP contribution in [0.3, 0.4) is 0 Å². The number of carbonyl (C=O) groups excluding carboxylic acids is 1. The number of piperazine rings is 1. The number of halogens is 2. The second-order valence-corrected chi connectivity index (χ2v) is 7.97. The molecule has 2 fully saturated rings. The van der Waals surface area contributed by atoms with Crippen LogP contribution in [0.1, 0.15) is 31.7 Å². The number of rotatable bonds is 6. The molecular formula is C21H33ClFN3O. The summed E-state index contributed by atoms with van der Waals surface area (Å²) in [6.07, 6.45) is 3.69. The van der Waals surface area contributed by atoms with Crippen molar-refractivity contribution < 1.29 is 9.18 Å². The summed E-state index contributed by atoms with van der Waals surface area (Å²) < 4.78 is 13.8. The van der Waals surface area contributed by atoms with Crippen molar-refractivity contribution in [3.8, 4) is 0 Å². The second kappa shape index (κ2) is 10.4. The summed E-state index contributed by atoms with van der Waals surface area (Å²) in [6.45, 7) is 11.4. The van der Waals surface area contributed by atoms with Crippen molar-refractivity contribution in [2.45, 2.75) is 33.1 Å². The van der Waals surface area contributed by atoms with Crippen molar-refractivity contribution in [1.82, 2.24) is 9.80 Å². The van der Waals surface area contributed by atoms with E-state index in [-0.39, 0.29) is 24.0 Å². The zero-order valence-electron chi connectivity index (χ0n) is 16.6. The average Bonchev–Trinajstić information content (AvgIpc) is 2.63. The first kappa shape index (κ1) is 22.1. The quantitative estimate of drug-likeness (QED) is 0.735. The standard InChI is InChI=1S/C21H32FN3O.ClH/c1-17-3-4-20(15-21(17)22)25-13-11-23(12-14-25)8-5-19-6-9-24(10-7-19)16-18(2)26;/h3-4,15,19H,5-14,16H2,1-2H3;1H. The molecule has 2 aliphatic rings. The first-order valence-electron chi connectivity index (χ1n) is 9.96. The SMILES string of the molecule is CC(=O)CN1CCC(CCN2CCN(c3ccc(C)c(F)c3)CC2)CC1.Cl. The van der Waals surface area contributed by atoms with E-state index in [1.165, 1.54) is 19.3 Å². The number of aryl methyl sites for hydroxylation is 1. The number of Topliss-reactive ketones (excluding diaryl/α,β-unsaturated/α-hetero) is 1. The molecule has 6 heteroatoms. The summed E-state index contributed by atoms with van der Waals surface area (Å²) in [6, 6.07) is 5.57. The molecule has 0 bridgehead atoms. The van der Waals surface area contributed by atoms with E-state index in [2.05, 4.69) is 14.7 Å². The van der Waals surface area contributed by atoms with Crippen LogP contribution in [-0.4, -0.2) is 67.9 Å². The second-order valence-electron chi connectivity index (χ2n) is 7.97. The van der Waals surface area contributed by atoms with E-state index in [1.54, 1.807) is 13.0 Å². The van der Waals surface area contributed by atoms with Crippen molar-refractivity contribution in [2.75, 3.05) is 57.3 Å². The highest BCUT2D eigenvalue weighted by molar-refractivity contribution is 5.85. The number of likely N-dealkylation sites (tertiary alicyclic amines) is 1. The van der Waals surface area contributed by atoms with E-state index in [0.717, 1.165) is 57.4 Å². The van der Waals surface area contributed by atoms with E-state index in [1.807, 2.05) is 19.1 Å². The number of hydrogen-bond acceptors (Lipinski definition) is 4. The molecule has 0 spiro atoms. The number of benzene rings is 1. The van der Waals surface area contributed by atoms with Gasteiger partial charge in [0.15, 0.2) is 0 Å². The van der Waals surface area contributed by atoms with Gasteiger partial charge in [-0.25, -0.2) is 4.39 Å². The monoisotopic (exact) mass is 397 g/mol. The van der Waals surface area contributed by atoms with Crippen LogP contribution < -0.4 is 4.90 Å². The molecule has 0 saturated carbocycles. The van der Waals surface area contributed by atoms with Crippen molar-refractivity contribution in [1.29, 1.82) is 0 Å². The Labute approximate surface area is 169 Å². The molecule has 0 unspecified atom stereocenters. The Hall–Kier alpha value is -1.17. The molecule has 2 saturated heterocycles. The number of piperidine rings is 1. The number of nitrogens with zero attached hydrogens (tertiary/aromatic N) is 3. The Kier molecular flexibility index (Phi) is 8.52. The Morgan fingerprint density at radius 1 is 1.07 bits per heavy atom. The molecule has 152 valence electrons. The van der Waals surface area contributed by atoms with Gasteiger partial charge in [-0.2, -0.15) is 0 Å². The fourth-order valence-corrected chi connectivity index (χ4v) is 4.12. The number of anilines is 1. The van der Waals surface area contributed by atoms with Gasteiger partial charge in [-0.3, -0.25) is 14.6 Å². The number of carbonyl (C=O) groups is 1. The third kappa shape index (κ3) is 6.44. The average molecular weight is 398 g/mol. The minimum absolute atomic E-state index is 0. The Morgan fingerprint density at radius 2 is 1.74 bits per heavy atom. The summed E-state index contributed by atoms with van der Waals surface area (Å²) in [5, 5.41) is 0. The minimum Gasteiger partial charge on any atom is -0.369 e. The third-order valence-electron chi connectivity index (χ3n) is 5.90. The van der Waals surface area contributed by atoms with Crippen molar-refractivity contribution in [2.24, 2.45) is 5.92 Å². The molecule has 3 rings (SSSR count). The predicted molar refractivity (Wildman–Crippen MR) is 112 cm³/mol. The largest absolute Gasteiger partial charge is 0.369 e. The van der Waals surface area contributed by atoms with Gasteiger partial charge in [-0.05, 0) is 76.4 Å². The van der Waals surface area contributed by atoms with E-state index in [4.69, 9.17) is 0 Å². The first-order chi connectivity index (χ1) is 12.5. The topological polar surface area (TPSA) is 26.8 Å². The summed E-state index contributed by atoms with van der Waals surface area (Å²) in [4.78, 5) is 18.3. The lowest BCUT2D eigenvalue weighted by molar-refractivity contribution is -0.118. The van der Waals surface area contributed by atoms with Crippen LogP contribution in [0.15, 0.2) is 18.2 Å². The van der Waals surface area contributed by atoms with Gasteiger partial charge in [-0.1, -0.05) is 6.07 Å². The fraction of sp³-hybridized carbons (Fsp3) is 0.667. The highest BCUT2D eigenvalue weighted by atomic mass is 35.5. The minimum atomic E-state index is -0.110. The molecule has 2 aliphatic heterocycles. The van der Waals surface area contributed by atoms with Crippen molar-refractivity contribution in [3.63, 3.8) is 0 Å². The highest BCUT2D eigenvalue weighted by Gasteiger charge is 2.22. The normalized spacial score (nSPS) is 19.7. The molecule has 0 atom stereocenters. The van der Waals surface area contributed by atoms with Gasteiger partial charge in [0.1, 0.15) is 11.6 Å². The molecule has 27 heavy (non-hydrogen) atoms. The van der Waals surface area contributed by atoms with Gasteiger partial charge in [0.05, 0.1) is 6.54 Å². The van der Waals surface area contributed by atoms with E-state index in [9.17, 15) is 9.18 Å². The van der Waals surface area contributed by atoms with Gasteiger partial charge in [-0.15, -0.1) is 12.4 Å². The van der Waals surface area contributed by atoms with Gasteiger partial charge < -0.3 is 4.90 Å². The van der Waals surface area contributed by atoms with Crippen molar-refractivity contribution in [3.05, 3.63) is 29.6 Å². The molecular weight excluding hydrogens is 365 g/mol. The summed E-state index contributed by atoms with van der Waals surface area (Å²) in [5.74, 6) is 0.957. The summed E-state index contributed by atoms with van der Waals surface area (Å²) in [7, 11) is 0.